The fourth-order valence-corrected chi connectivity index (χ4v) is 3.85. The van der Waals surface area contributed by atoms with E-state index in [4.69, 9.17) is 4.74 Å². The molecule has 1 aromatic carbocycles. The standard InChI is InChI=1S/C21H32O.C2H6/c1-16-8-7-14-21(4,5)19(16)13-15-20(2,3)17-9-11-18(22-6)12-10-17;1-2/h9-12H,7-8,13-15H2,1-6H3;1-2H3. The third-order valence-electron chi connectivity index (χ3n) is 5.56. The van der Waals surface area contributed by atoms with E-state index < -0.39 is 0 Å². The molecule has 0 amide bonds. The molecule has 0 heterocycles. The monoisotopic (exact) mass is 330 g/mol. The van der Waals surface area contributed by atoms with E-state index in [-0.39, 0.29) is 5.41 Å². The van der Waals surface area contributed by atoms with E-state index in [1.165, 1.54) is 37.7 Å². The van der Waals surface area contributed by atoms with Crippen LogP contribution in [0.1, 0.15) is 86.1 Å². The molecule has 1 aliphatic carbocycles. The topological polar surface area (TPSA) is 9.23 Å². The number of rotatable bonds is 5. The first-order valence-electron chi connectivity index (χ1n) is 9.60. The molecule has 1 aromatic rings. The first-order valence-corrected chi connectivity index (χ1v) is 9.60. The molecule has 0 fully saturated rings. The van der Waals surface area contributed by atoms with Gasteiger partial charge in [-0.1, -0.05) is 64.8 Å². The molecule has 0 unspecified atom stereocenters. The van der Waals surface area contributed by atoms with Crippen molar-refractivity contribution in [1.82, 2.24) is 0 Å². The van der Waals surface area contributed by atoms with Crippen molar-refractivity contribution in [3.63, 3.8) is 0 Å². The molecular weight excluding hydrogens is 292 g/mol. The normalized spacial score (nSPS) is 17.2. The summed E-state index contributed by atoms with van der Waals surface area (Å²) in [4.78, 5) is 0. The van der Waals surface area contributed by atoms with Crippen LogP contribution >= 0.6 is 0 Å². The molecule has 1 nitrogen and oxygen atoms in total. The van der Waals surface area contributed by atoms with Crippen LogP contribution in [0.2, 0.25) is 0 Å². The summed E-state index contributed by atoms with van der Waals surface area (Å²) >= 11 is 0. The average Bonchev–Trinajstić information content (AvgIpc) is 2.55. The predicted molar refractivity (Wildman–Crippen MR) is 107 cm³/mol. The van der Waals surface area contributed by atoms with Crippen molar-refractivity contribution in [2.45, 2.75) is 86.0 Å². The fraction of sp³-hybridized carbons (Fsp3) is 0.652. The number of hydrogen-bond acceptors (Lipinski definition) is 1. The highest BCUT2D eigenvalue weighted by Gasteiger charge is 2.30. The van der Waals surface area contributed by atoms with Gasteiger partial charge in [-0.15, -0.1) is 0 Å². The Bertz CT molecular complexity index is 532. The average molecular weight is 331 g/mol. The minimum Gasteiger partial charge on any atom is -0.497 e. The van der Waals surface area contributed by atoms with Crippen LogP contribution in [0.4, 0.5) is 0 Å². The van der Waals surface area contributed by atoms with Gasteiger partial charge in [0.2, 0.25) is 0 Å². The van der Waals surface area contributed by atoms with Crippen LogP contribution in [-0.4, -0.2) is 7.11 Å². The van der Waals surface area contributed by atoms with Gasteiger partial charge in [0, 0.05) is 0 Å². The Kier molecular flexibility index (Phi) is 7.57. The third kappa shape index (κ3) is 5.13. The summed E-state index contributed by atoms with van der Waals surface area (Å²) in [6, 6.07) is 8.58. The van der Waals surface area contributed by atoms with Crippen LogP contribution in [0, 0.1) is 5.41 Å². The lowest BCUT2D eigenvalue weighted by Crippen LogP contribution is -2.23. The Morgan fingerprint density at radius 2 is 1.67 bits per heavy atom. The van der Waals surface area contributed by atoms with E-state index >= 15 is 0 Å². The molecule has 0 spiro atoms. The predicted octanol–water partition coefficient (Wildman–Crippen LogP) is 7.31. The van der Waals surface area contributed by atoms with Gasteiger partial charge in [0.15, 0.2) is 0 Å². The molecule has 0 aliphatic heterocycles. The van der Waals surface area contributed by atoms with Crippen molar-refractivity contribution < 1.29 is 4.74 Å². The Hall–Kier alpha value is -1.24. The second-order valence-corrected chi connectivity index (χ2v) is 8.11. The zero-order valence-electron chi connectivity index (χ0n) is 17.3. The number of methoxy groups -OCH3 is 1. The van der Waals surface area contributed by atoms with Crippen molar-refractivity contribution in [2.75, 3.05) is 7.11 Å². The Labute approximate surface area is 150 Å². The van der Waals surface area contributed by atoms with Crippen LogP contribution < -0.4 is 4.74 Å². The largest absolute Gasteiger partial charge is 0.497 e. The minimum atomic E-state index is 0.201. The molecule has 0 saturated carbocycles. The van der Waals surface area contributed by atoms with E-state index in [0.29, 0.717) is 5.41 Å². The van der Waals surface area contributed by atoms with Gasteiger partial charge in [0.1, 0.15) is 5.75 Å². The molecule has 0 atom stereocenters. The van der Waals surface area contributed by atoms with Gasteiger partial charge in [0.05, 0.1) is 7.11 Å². The number of ether oxygens (including phenoxy) is 1. The van der Waals surface area contributed by atoms with Gasteiger partial charge in [-0.25, -0.2) is 0 Å². The molecule has 136 valence electrons. The molecular formula is C23H38O. The molecule has 0 N–H and O–H groups in total. The van der Waals surface area contributed by atoms with E-state index in [2.05, 4.69) is 58.9 Å². The summed E-state index contributed by atoms with van der Waals surface area (Å²) < 4.78 is 5.27. The van der Waals surface area contributed by atoms with Crippen molar-refractivity contribution in [2.24, 2.45) is 5.41 Å². The smallest absolute Gasteiger partial charge is 0.118 e. The molecule has 0 saturated heterocycles. The summed E-state index contributed by atoms with van der Waals surface area (Å²) in [6.07, 6.45) is 6.40. The number of hydrogen-bond donors (Lipinski definition) is 0. The van der Waals surface area contributed by atoms with Crippen LogP contribution in [0.25, 0.3) is 0 Å². The zero-order chi connectivity index (χ0) is 18.4. The molecule has 1 aliphatic rings. The van der Waals surface area contributed by atoms with Crippen LogP contribution in [0.5, 0.6) is 5.75 Å². The molecule has 0 radical (unpaired) electrons. The first-order chi connectivity index (χ1) is 11.3. The van der Waals surface area contributed by atoms with Gasteiger partial charge in [-0.05, 0) is 67.6 Å². The van der Waals surface area contributed by atoms with Crippen molar-refractivity contribution in [3.8, 4) is 5.75 Å². The maximum Gasteiger partial charge on any atom is 0.118 e. The second-order valence-electron chi connectivity index (χ2n) is 8.11. The lowest BCUT2D eigenvalue weighted by atomic mass is 9.69. The summed E-state index contributed by atoms with van der Waals surface area (Å²) in [5.41, 5.74) is 5.34. The number of allylic oxidation sites excluding steroid dienone is 2. The summed E-state index contributed by atoms with van der Waals surface area (Å²) in [5, 5.41) is 0. The van der Waals surface area contributed by atoms with Gasteiger partial charge >= 0.3 is 0 Å². The highest BCUT2D eigenvalue weighted by atomic mass is 16.5. The van der Waals surface area contributed by atoms with E-state index in [0.717, 1.165) is 5.75 Å². The number of benzene rings is 1. The summed E-state index contributed by atoms with van der Waals surface area (Å²) in [7, 11) is 1.72. The van der Waals surface area contributed by atoms with Gasteiger partial charge in [0.25, 0.3) is 0 Å². The first kappa shape index (κ1) is 20.8. The Morgan fingerprint density at radius 1 is 1.08 bits per heavy atom. The van der Waals surface area contributed by atoms with E-state index in [9.17, 15) is 0 Å². The third-order valence-corrected chi connectivity index (χ3v) is 5.56. The molecule has 0 aromatic heterocycles. The summed E-state index contributed by atoms with van der Waals surface area (Å²) in [5.74, 6) is 0.937. The van der Waals surface area contributed by atoms with Crippen LogP contribution in [0.15, 0.2) is 35.4 Å². The highest BCUT2D eigenvalue weighted by Crippen LogP contribution is 2.44. The maximum absolute atomic E-state index is 5.27. The lowest BCUT2D eigenvalue weighted by Gasteiger charge is -2.36. The van der Waals surface area contributed by atoms with E-state index in [1.54, 1.807) is 18.3 Å². The highest BCUT2D eigenvalue weighted by molar-refractivity contribution is 5.32. The molecule has 2 rings (SSSR count). The zero-order valence-corrected chi connectivity index (χ0v) is 17.3. The van der Waals surface area contributed by atoms with Gasteiger partial charge < -0.3 is 4.74 Å². The van der Waals surface area contributed by atoms with Gasteiger partial charge in [-0.3, -0.25) is 0 Å². The Morgan fingerprint density at radius 3 is 2.17 bits per heavy atom. The SMILES string of the molecule is CC.COc1ccc(C(C)(C)CCC2=C(C)CCCC2(C)C)cc1. The fourth-order valence-electron chi connectivity index (χ4n) is 3.85. The van der Waals surface area contributed by atoms with Crippen molar-refractivity contribution in [3.05, 3.63) is 41.0 Å². The molecule has 24 heavy (non-hydrogen) atoms. The summed E-state index contributed by atoms with van der Waals surface area (Å²) in [6.45, 7) is 15.9. The van der Waals surface area contributed by atoms with Crippen LogP contribution in [-0.2, 0) is 5.41 Å². The molecule has 0 bridgehead atoms. The molecule has 1 heteroatoms. The lowest BCUT2D eigenvalue weighted by molar-refractivity contribution is 0.339. The second kappa shape index (κ2) is 8.74. The minimum absolute atomic E-state index is 0.201. The Balaban J connectivity index is 0.00000139. The van der Waals surface area contributed by atoms with Gasteiger partial charge in [-0.2, -0.15) is 0 Å². The van der Waals surface area contributed by atoms with E-state index in [1.807, 2.05) is 13.8 Å². The van der Waals surface area contributed by atoms with Crippen molar-refractivity contribution in [1.29, 1.82) is 0 Å². The maximum atomic E-state index is 5.27. The van der Waals surface area contributed by atoms with Crippen LogP contribution in [0.3, 0.4) is 0 Å². The quantitative estimate of drug-likeness (QED) is 0.514. The van der Waals surface area contributed by atoms with Crippen molar-refractivity contribution >= 4 is 0 Å².